The van der Waals surface area contributed by atoms with E-state index in [1.54, 1.807) is 12.1 Å². The fourth-order valence-corrected chi connectivity index (χ4v) is 1.83. The molecule has 0 saturated carbocycles. The fraction of sp³-hybridized carbons (Fsp3) is 0.214. The average molecular weight is 288 g/mol. The van der Waals surface area contributed by atoms with Crippen molar-refractivity contribution in [3.63, 3.8) is 0 Å². The number of benzene rings is 1. The molecular weight excluding hydrogens is 272 g/mol. The van der Waals surface area contributed by atoms with Crippen LogP contribution in [0, 0.1) is 6.92 Å². The SMILES string of the molecule is Cc1ccc(N)cc1NC(=O)CCn1ccc(=O)[nH]c1=O. The Balaban J connectivity index is 2.00. The summed E-state index contributed by atoms with van der Waals surface area (Å²) in [5.74, 6) is -0.234. The summed E-state index contributed by atoms with van der Waals surface area (Å²) >= 11 is 0. The van der Waals surface area contributed by atoms with Gasteiger partial charge in [0.05, 0.1) is 0 Å². The number of hydrogen-bond acceptors (Lipinski definition) is 4. The maximum absolute atomic E-state index is 11.9. The van der Waals surface area contributed by atoms with Gasteiger partial charge in [-0.2, -0.15) is 0 Å². The quantitative estimate of drug-likeness (QED) is 0.710. The summed E-state index contributed by atoms with van der Waals surface area (Å²) in [5, 5.41) is 2.75. The smallest absolute Gasteiger partial charge is 0.328 e. The van der Waals surface area contributed by atoms with Gasteiger partial charge < -0.3 is 15.6 Å². The third-order valence-corrected chi connectivity index (χ3v) is 3.01. The molecule has 2 rings (SSSR count). The Morgan fingerprint density at radius 3 is 2.81 bits per heavy atom. The van der Waals surface area contributed by atoms with Crippen molar-refractivity contribution in [1.82, 2.24) is 9.55 Å². The Labute approximate surface area is 120 Å². The highest BCUT2D eigenvalue weighted by atomic mass is 16.2. The molecule has 1 aromatic heterocycles. The van der Waals surface area contributed by atoms with Gasteiger partial charge in [0.1, 0.15) is 0 Å². The number of aromatic amines is 1. The number of amides is 1. The standard InChI is InChI=1S/C14H16N4O3/c1-9-2-3-10(15)8-11(9)16-12(19)4-6-18-7-5-13(20)17-14(18)21/h2-3,5,7-8H,4,6,15H2,1H3,(H,16,19)(H,17,20,21). The number of hydrogen-bond donors (Lipinski definition) is 3. The molecule has 4 N–H and O–H groups in total. The van der Waals surface area contributed by atoms with Gasteiger partial charge >= 0.3 is 5.69 Å². The molecule has 0 bridgehead atoms. The van der Waals surface area contributed by atoms with Gasteiger partial charge in [0, 0.05) is 36.6 Å². The van der Waals surface area contributed by atoms with Crippen LogP contribution in [0.25, 0.3) is 0 Å². The molecule has 1 heterocycles. The molecule has 0 radical (unpaired) electrons. The summed E-state index contributed by atoms with van der Waals surface area (Å²) in [7, 11) is 0. The van der Waals surface area contributed by atoms with E-state index in [9.17, 15) is 14.4 Å². The zero-order chi connectivity index (χ0) is 15.4. The lowest BCUT2D eigenvalue weighted by Crippen LogP contribution is -2.29. The topological polar surface area (TPSA) is 110 Å². The van der Waals surface area contributed by atoms with E-state index in [0.29, 0.717) is 11.4 Å². The number of nitrogen functional groups attached to an aromatic ring is 1. The molecule has 0 aliphatic carbocycles. The van der Waals surface area contributed by atoms with E-state index in [1.807, 2.05) is 13.0 Å². The van der Waals surface area contributed by atoms with Crippen LogP contribution in [-0.4, -0.2) is 15.5 Å². The number of carbonyl (C=O) groups is 1. The number of carbonyl (C=O) groups excluding carboxylic acids is 1. The number of H-pyrrole nitrogens is 1. The van der Waals surface area contributed by atoms with E-state index in [2.05, 4.69) is 10.3 Å². The first kappa shape index (κ1) is 14.6. The molecule has 2 aromatic rings. The molecule has 1 amide bonds. The Morgan fingerprint density at radius 1 is 1.33 bits per heavy atom. The van der Waals surface area contributed by atoms with Crippen molar-refractivity contribution in [2.24, 2.45) is 0 Å². The lowest BCUT2D eigenvalue weighted by atomic mass is 10.2. The third-order valence-electron chi connectivity index (χ3n) is 3.01. The zero-order valence-electron chi connectivity index (χ0n) is 11.6. The monoisotopic (exact) mass is 288 g/mol. The van der Waals surface area contributed by atoms with Crippen LogP contribution in [-0.2, 0) is 11.3 Å². The van der Waals surface area contributed by atoms with E-state index < -0.39 is 11.2 Å². The molecule has 0 unspecified atom stereocenters. The number of nitrogens with two attached hydrogens (primary N) is 1. The van der Waals surface area contributed by atoms with Gasteiger partial charge in [-0.15, -0.1) is 0 Å². The second-order valence-electron chi connectivity index (χ2n) is 4.68. The minimum atomic E-state index is -0.532. The Morgan fingerprint density at radius 2 is 2.10 bits per heavy atom. The first-order valence-corrected chi connectivity index (χ1v) is 6.41. The molecule has 110 valence electrons. The van der Waals surface area contributed by atoms with E-state index in [-0.39, 0.29) is 18.9 Å². The first-order chi connectivity index (χ1) is 9.95. The largest absolute Gasteiger partial charge is 0.399 e. The van der Waals surface area contributed by atoms with Crippen LogP contribution in [0.1, 0.15) is 12.0 Å². The highest BCUT2D eigenvalue weighted by Gasteiger charge is 2.06. The predicted molar refractivity (Wildman–Crippen MR) is 80.2 cm³/mol. The minimum Gasteiger partial charge on any atom is -0.399 e. The van der Waals surface area contributed by atoms with Crippen molar-refractivity contribution in [3.05, 3.63) is 56.9 Å². The summed E-state index contributed by atoms with van der Waals surface area (Å²) in [6.45, 7) is 2.05. The highest BCUT2D eigenvalue weighted by Crippen LogP contribution is 2.18. The Hall–Kier alpha value is -2.83. The van der Waals surface area contributed by atoms with E-state index in [0.717, 1.165) is 5.56 Å². The fourth-order valence-electron chi connectivity index (χ4n) is 1.83. The molecular formula is C14H16N4O3. The summed E-state index contributed by atoms with van der Waals surface area (Å²) in [4.78, 5) is 36.4. The lowest BCUT2D eigenvalue weighted by molar-refractivity contribution is -0.116. The molecule has 0 spiro atoms. The maximum Gasteiger partial charge on any atom is 0.328 e. The van der Waals surface area contributed by atoms with Crippen LogP contribution in [0.5, 0.6) is 0 Å². The van der Waals surface area contributed by atoms with Crippen molar-refractivity contribution >= 4 is 17.3 Å². The van der Waals surface area contributed by atoms with Gasteiger partial charge in [0.25, 0.3) is 5.56 Å². The summed E-state index contributed by atoms with van der Waals surface area (Å²) < 4.78 is 1.27. The molecule has 0 saturated heterocycles. The molecule has 7 nitrogen and oxygen atoms in total. The van der Waals surface area contributed by atoms with E-state index in [1.165, 1.54) is 16.8 Å². The van der Waals surface area contributed by atoms with Crippen molar-refractivity contribution < 1.29 is 4.79 Å². The highest BCUT2D eigenvalue weighted by molar-refractivity contribution is 5.91. The van der Waals surface area contributed by atoms with Gasteiger partial charge in [-0.05, 0) is 24.6 Å². The average Bonchev–Trinajstić information content (AvgIpc) is 2.42. The maximum atomic E-state index is 11.9. The van der Waals surface area contributed by atoms with Gasteiger partial charge in [-0.25, -0.2) is 4.79 Å². The molecule has 0 aliphatic rings. The lowest BCUT2D eigenvalue weighted by Gasteiger charge is -2.09. The molecule has 0 fully saturated rings. The number of rotatable bonds is 4. The normalized spacial score (nSPS) is 10.3. The first-order valence-electron chi connectivity index (χ1n) is 6.41. The van der Waals surface area contributed by atoms with Gasteiger partial charge in [-0.1, -0.05) is 6.07 Å². The van der Waals surface area contributed by atoms with Crippen molar-refractivity contribution in [2.45, 2.75) is 19.9 Å². The number of nitrogens with zero attached hydrogens (tertiary/aromatic N) is 1. The summed E-state index contributed by atoms with van der Waals surface area (Å²) in [6, 6.07) is 6.49. The molecule has 21 heavy (non-hydrogen) atoms. The molecule has 7 heteroatoms. The van der Waals surface area contributed by atoms with E-state index >= 15 is 0 Å². The molecule has 0 aliphatic heterocycles. The third kappa shape index (κ3) is 3.82. The second-order valence-corrected chi connectivity index (χ2v) is 4.68. The van der Waals surface area contributed by atoms with Crippen molar-refractivity contribution in [2.75, 3.05) is 11.1 Å². The van der Waals surface area contributed by atoms with Crippen LogP contribution < -0.4 is 22.3 Å². The number of aryl methyl sites for hydroxylation is 2. The predicted octanol–water partition coefficient (Wildman–Crippen LogP) is 0.456. The Kier molecular flexibility index (Phi) is 4.22. The number of anilines is 2. The molecule has 0 atom stereocenters. The van der Waals surface area contributed by atoms with Crippen molar-refractivity contribution in [1.29, 1.82) is 0 Å². The van der Waals surface area contributed by atoms with Gasteiger partial charge in [-0.3, -0.25) is 14.6 Å². The molecule has 1 aromatic carbocycles. The van der Waals surface area contributed by atoms with Crippen LogP contribution in [0.3, 0.4) is 0 Å². The number of aromatic nitrogens is 2. The van der Waals surface area contributed by atoms with Gasteiger partial charge in [0.15, 0.2) is 0 Å². The van der Waals surface area contributed by atoms with Crippen LogP contribution in [0.2, 0.25) is 0 Å². The summed E-state index contributed by atoms with van der Waals surface area (Å²) in [5.41, 5.74) is 6.79. The van der Waals surface area contributed by atoms with Crippen molar-refractivity contribution in [3.8, 4) is 0 Å². The number of nitrogens with one attached hydrogen (secondary N) is 2. The van der Waals surface area contributed by atoms with Gasteiger partial charge in [0.2, 0.25) is 5.91 Å². The Bertz CT molecular complexity index is 776. The summed E-state index contributed by atoms with van der Waals surface area (Å²) in [6.07, 6.45) is 1.47. The van der Waals surface area contributed by atoms with E-state index in [4.69, 9.17) is 5.73 Å². The van der Waals surface area contributed by atoms with Crippen LogP contribution in [0.4, 0.5) is 11.4 Å². The van der Waals surface area contributed by atoms with Crippen LogP contribution >= 0.6 is 0 Å². The second kappa shape index (κ2) is 6.08. The van der Waals surface area contributed by atoms with Crippen LogP contribution in [0.15, 0.2) is 40.1 Å². The minimum absolute atomic E-state index is 0.111. The zero-order valence-corrected chi connectivity index (χ0v) is 11.6.